The standard InChI is InChI=1S/C21H27N3O/c1-14-21(15(2)24(23-14)13-16-6-4-3-5-7-16)22-20(25)12-19-11-17-8-9-18(19)10-17/h3-7,17-19H,8-13H2,1-2H3,(H,22,25). The van der Waals surface area contributed by atoms with Gasteiger partial charge in [0.2, 0.25) is 5.91 Å². The molecule has 1 N–H and O–H groups in total. The van der Waals surface area contributed by atoms with E-state index >= 15 is 0 Å². The molecule has 0 saturated heterocycles. The molecule has 3 atom stereocenters. The molecule has 2 aliphatic rings. The van der Waals surface area contributed by atoms with Gasteiger partial charge < -0.3 is 5.32 Å². The molecule has 25 heavy (non-hydrogen) atoms. The summed E-state index contributed by atoms with van der Waals surface area (Å²) < 4.78 is 1.98. The molecule has 4 rings (SSSR count). The maximum atomic E-state index is 12.6. The zero-order valence-corrected chi connectivity index (χ0v) is 15.2. The number of benzene rings is 1. The largest absolute Gasteiger partial charge is 0.323 e. The van der Waals surface area contributed by atoms with Crippen LogP contribution in [-0.2, 0) is 11.3 Å². The van der Waals surface area contributed by atoms with Gasteiger partial charge in [0.15, 0.2) is 0 Å². The van der Waals surface area contributed by atoms with Gasteiger partial charge >= 0.3 is 0 Å². The monoisotopic (exact) mass is 337 g/mol. The van der Waals surface area contributed by atoms with Crippen LogP contribution in [0.2, 0.25) is 0 Å². The van der Waals surface area contributed by atoms with Crippen molar-refractivity contribution in [2.75, 3.05) is 5.32 Å². The van der Waals surface area contributed by atoms with Crippen LogP contribution in [0.3, 0.4) is 0 Å². The second-order valence-corrected chi connectivity index (χ2v) is 7.88. The van der Waals surface area contributed by atoms with Crippen molar-refractivity contribution in [1.82, 2.24) is 9.78 Å². The van der Waals surface area contributed by atoms with E-state index in [-0.39, 0.29) is 5.91 Å². The Labute approximate surface area is 149 Å². The highest BCUT2D eigenvalue weighted by atomic mass is 16.1. The van der Waals surface area contributed by atoms with E-state index in [0.29, 0.717) is 12.3 Å². The number of hydrogen-bond acceptors (Lipinski definition) is 2. The van der Waals surface area contributed by atoms with Crippen LogP contribution in [0.5, 0.6) is 0 Å². The van der Waals surface area contributed by atoms with Gasteiger partial charge in [-0.05, 0) is 56.4 Å². The second kappa shape index (κ2) is 6.66. The summed E-state index contributed by atoms with van der Waals surface area (Å²) >= 11 is 0. The Hall–Kier alpha value is -2.10. The third-order valence-electron chi connectivity index (χ3n) is 6.15. The van der Waals surface area contributed by atoms with Crippen LogP contribution in [0, 0.1) is 31.6 Å². The fourth-order valence-corrected chi connectivity index (χ4v) is 4.84. The Balaban J connectivity index is 1.42. The van der Waals surface area contributed by atoms with Crippen LogP contribution in [0.4, 0.5) is 5.69 Å². The number of amides is 1. The molecule has 2 aliphatic carbocycles. The van der Waals surface area contributed by atoms with Gasteiger partial charge in [-0.1, -0.05) is 36.8 Å². The van der Waals surface area contributed by atoms with Crippen molar-refractivity contribution in [3.63, 3.8) is 0 Å². The van der Waals surface area contributed by atoms with Crippen molar-refractivity contribution >= 4 is 11.6 Å². The number of nitrogens with one attached hydrogen (secondary N) is 1. The van der Waals surface area contributed by atoms with Crippen molar-refractivity contribution in [2.45, 2.75) is 52.5 Å². The highest BCUT2D eigenvalue weighted by Crippen LogP contribution is 2.49. The normalized spacial score (nSPS) is 24.6. The van der Waals surface area contributed by atoms with Crippen molar-refractivity contribution in [2.24, 2.45) is 17.8 Å². The molecule has 1 heterocycles. The Morgan fingerprint density at radius 3 is 2.68 bits per heavy atom. The van der Waals surface area contributed by atoms with Crippen LogP contribution in [0.15, 0.2) is 30.3 Å². The minimum absolute atomic E-state index is 0.156. The Bertz CT molecular complexity index is 765. The topological polar surface area (TPSA) is 46.9 Å². The summed E-state index contributed by atoms with van der Waals surface area (Å²) in [5.41, 5.74) is 4.04. The molecule has 1 amide bonds. The highest BCUT2D eigenvalue weighted by molar-refractivity contribution is 5.92. The first-order valence-electron chi connectivity index (χ1n) is 9.48. The van der Waals surface area contributed by atoms with Crippen molar-refractivity contribution < 1.29 is 4.79 Å². The summed E-state index contributed by atoms with van der Waals surface area (Å²) in [7, 11) is 0. The van der Waals surface area contributed by atoms with E-state index in [1.54, 1.807) is 0 Å². The van der Waals surface area contributed by atoms with Crippen LogP contribution in [0.1, 0.15) is 49.1 Å². The molecule has 0 aliphatic heterocycles. The number of rotatable bonds is 5. The van der Waals surface area contributed by atoms with Crippen molar-refractivity contribution in [3.05, 3.63) is 47.3 Å². The van der Waals surface area contributed by atoms with Gasteiger partial charge in [-0.15, -0.1) is 0 Å². The Morgan fingerprint density at radius 1 is 1.20 bits per heavy atom. The number of carbonyl (C=O) groups excluding carboxylic acids is 1. The molecule has 2 bridgehead atoms. The summed E-state index contributed by atoms with van der Waals surface area (Å²) in [6, 6.07) is 10.3. The highest BCUT2D eigenvalue weighted by Gasteiger charge is 2.40. The SMILES string of the molecule is Cc1nn(Cc2ccccc2)c(C)c1NC(=O)CC1CC2CCC1C2. The minimum Gasteiger partial charge on any atom is -0.323 e. The molecule has 3 unspecified atom stereocenters. The van der Waals surface area contributed by atoms with Crippen LogP contribution in [0.25, 0.3) is 0 Å². The van der Waals surface area contributed by atoms with Gasteiger partial charge in [-0.25, -0.2) is 0 Å². The van der Waals surface area contributed by atoms with Crippen LogP contribution in [-0.4, -0.2) is 15.7 Å². The molecule has 0 radical (unpaired) electrons. The number of hydrogen-bond donors (Lipinski definition) is 1. The third-order valence-corrected chi connectivity index (χ3v) is 6.15. The van der Waals surface area contributed by atoms with E-state index in [4.69, 9.17) is 0 Å². The van der Waals surface area contributed by atoms with Crippen molar-refractivity contribution in [3.8, 4) is 0 Å². The van der Waals surface area contributed by atoms with Gasteiger partial charge in [0.25, 0.3) is 0 Å². The Morgan fingerprint density at radius 2 is 2.00 bits per heavy atom. The molecule has 2 fully saturated rings. The van der Waals surface area contributed by atoms with E-state index < -0.39 is 0 Å². The zero-order valence-electron chi connectivity index (χ0n) is 15.2. The third kappa shape index (κ3) is 3.35. The smallest absolute Gasteiger partial charge is 0.224 e. The molecule has 2 aromatic rings. The molecule has 4 nitrogen and oxygen atoms in total. The molecule has 2 saturated carbocycles. The molecular weight excluding hydrogens is 310 g/mol. The molecule has 4 heteroatoms. The first-order chi connectivity index (χ1) is 12.1. The minimum atomic E-state index is 0.156. The first-order valence-corrected chi connectivity index (χ1v) is 9.48. The summed E-state index contributed by atoms with van der Waals surface area (Å²) in [5.74, 6) is 2.43. The second-order valence-electron chi connectivity index (χ2n) is 7.88. The van der Waals surface area contributed by atoms with E-state index in [1.165, 1.54) is 31.2 Å². The van der Waals surface area contributed by atoms with Crippen LogP contribution < -0.4 is 5.32 Å². The van der Waals surface area contributed by atoms with Gasteiger partial charge in [0, 0.05) is 6.42 Å². The number of anilines is 1. The average Bonchev–Trinajstić information content (AvgIpc) is 3.28. The number of aromatic nitrogens is 2. The molecule has 0 spiro atoms. The summed E-state index contributed by atoms with van der Waals surface area (Å²) in [5, 5.41) is 7.78. The van der Waals surface area contributed by atoms with Gasteiger partial charge in [0.1, 0.15) is 0 Å². The van der Waals surface area contributed by atoms with Gasteiger partial charge in [0.05, 0.1) is 23.6 Å². The predicted octanol–water partition coefficient (Wildman–Crippen LogP) is 4.31. The van der Waals surface area contributed by atoms with E-state index in [0.717, 1.165) is 35.5 Å². The number of nitrogens with zero attached hydrogens (tertiary/aromatic N) is 2. The fourth-order valence-electron chi connectivity index (χ4n) is 4.84. The maximum absolute atomic E-state index is 12.6. The zero-order chi connectivity index (χ0) is 17.4. The van der Waals surface area contributed by atoms with E-state index in [1.807, 2.05) is 36.7 Å². The average molecular weight is 337 g/mol. The first kappa shape index (κ1) is 16.4. The van der Waals surface area contributed by atoms with E-state index in [2.05, 4.69) is 22.5 Å². The number of aryl methyl sites for hydroxylation is 1. The quantitative estimate of drug-likeness (QED) is 0.883. The molecule has 1 aromatic heterocycles. The van der Waals surface area contributed by atoms with Crippen molar-refractivity contribution in [1.29, 1.82) is 0 Å². The molecule has 132 valence electrons. The van der Waals surface area contributed by atoms with Crippen LogP contribution >= 0.6 is 0 Å². The summed E-state index contributed by atoms with van der Waals surface area (Å²) in [6.45, 7) is 4.74. The fraction of sp³-hybridized carbons (Fsp3) is 0.524. The summed E-state index contributed by atoms with van der Waals surface area (Å²) in [6.07, 6.45) is 5.99. The lowest BCUT2D eigenvalue weighted by molar-refractivity contribution is -0.117. The number of carbonyl (C=O) groups is 1. The lowest BCUT2D eigenvalue weighted by atomic mass is 9.86. The Kier molecular flexibility index (Phi) is 4.36. The molecule has 1 aromatic carbocycles. The maximum Gasteiger partial charge on any atom is 0.224 e. The number of fused-ring (bicyclic) bond motifs is 2. The lowest BCUT2D eigenvalue weighted by Gasteiger charge is -2.20. The van der Waals surface area contributed by atoms with Gasteiger partial charge in [-0.3, -0.25) is 9.48 Å². The van der Waals surface area contributed by atoms with E-state index in [9.17, 15) is 4.79 Å². The lowest BCUT2D eigenvalue weighted by Crippen LogP contribution is -2.20. The molecular formula is C21H27N3O. The predicted molar refractivity (Wildman–Crippen MR) is 99.4 cm³/mol. The summed E-state index contributed by atoms with van der Waals surface area (Å²) in [4.78, 5) is 12.6. The van der Waals surface area contributed by atoms with Gasteiger partial charge in [-0.2, -0.15) is 5.10 Å².